The van der Waals surface area contributed by atoms with Crippen molar-refractivity contribution >= 4 is 11.5 Å². The van der Waals surface area contributed by atoms with Gasteiger partial charge in [0.15, 0.2) is 5.82 Å². The maximum atomic E-state index is 4.04. The van der Waals surface area contributed by atoms with Crippen LogP contribution in [0.1, 0.15) is 5.69 Å². The van der Waals surface area contributed by atoms with E-state index in [2.05, 4.69) is 20.6 Å². The van der Waals surface area contributed by atoms with E-state index in [4.69, 9.17) is 0 Å². The summed E-state index contributed by atoms with van der Waals surface area (Å²) in [4.78, 5) is 0. The van der Waals surface area contributed by atoms with Crippen molar-refractivity contribution in [3.05, 3.63) is 30.2 Å². The summed E-state index contributed by atoms with van der Waals surface area (Å²) in [5, 5.41) is 15.1. The Bertz CT molecular complexity index is 417. The molecule has 0 atom stereocenters. The molecule has 0 aliphatic rings. The lowest BCUT2D eigenvalue weighted by Gasteiger charge is -2.00. The topological polar surface area (TPSA) is 55.6 Å². The first-order chi connectivity index (χ1) is 6.74. The molecule has 2 aromatic rings. The molecular formula is C9H11N5. The largest absolute Gasteiger partial charge is 0.336 e. The minimum Gasteiger partial charge on any atom is -0.336 e. The maximum Gasteiger partial charge on any atom is 0.153 e. The normalized spacial score (nSPS) is 10.1. The first-order valence-corrected chi connectivity index (χ1v) is 4.30. The summed E-state index contributed by atoms with van der Waals surface area (Å²) in [6.45, 7) is 1.90. The maximum absolute atomic E-state index is 4.04. The van der Waals surface area contributed by atoms with Crippen molar-refractivity contribution in [1.82, 2.24) is 20.0 Å². The molecule has 0 spiro atoms. The van der Waals surface area contributed by atoms with E-state index in [1.165, 1.54) is 0 Å². The van der Waals surface area contributed by atoms with Crippen molar-refractivity contribution in [3.8, 4) is 0 Å². The molecule has 5 heteroatoms. The SMILES string of the molecule is Cc1ccc(Nc2cnn(C)c2)nn1. The molecule has 0 saturated heterocycles. The molecule has 2 rings (SSSR count). The summed E-state index contributed by atoms with van der Waals surface area (Å²) in [5.74, 6) is 0.726. The molecule has 0 aliphatic heterocycles. The van der Waals surface area contributed by atoms with E-state index in [9.17, 15) is 0 Å². The van der Waals surface area contributed by atoms with Gasteiger partial charge in [-0.1, -0.05) is 0 Å². The Hall–Kier alpha value is -1.91. The molecule has 14 heavy (non-hydrogen) atoms. The number of rotatable bonds is 2. The van der Waals surface area contributed by atoms with E-state index in [0.717, 1.165) is 17.2 Å². The number of hydrogen-bond acceptors (Lipinski definition) is 4. The van der Waals surface area contributed by atoms with Crippen LogP contribution in [0.5, 0.6) is 0 Å². The second-order valence-corrected chi connectivity index (χ2v) is 3.09. The first-order valence-electron chi connectivity index (χ1n) is 4.30. The third-order valence-corrected chi connectivity index (χ3v) is 1.78. The van der Waals surface area contributed by atoms with Gasteiger partial charge in [0, 0.05) is 13.2 Å². The van der Waals surface area contributed by atoms with Crippen LogP contribution in [0.3, 0.4) is 0 Å². The van der Waals surface area contributed by atoms with Crippen molar-refractivity contribution < 1.29 is 0 Å². The highest BCUT2D eigenvalue weighted by Gasteiger charge is 1.97. The highest BCUT2D eigenvalue weighted by atomic mass is 15.3. The number of aromatic nitrogens is 4. The lowest BCUT2D eigenvalue weighted by atomic mass is 10.4. The van der Waals surface area contributed by atoms with Crippen LogP contribution < -0.4 is 5.32 Å². The zero-order chi connectivity index (χ0) is 9.97. The van der Waals surface area contributed by atoms with Crippen molar-refractivity contribution in [2.45, 2.75) is 6.92 Å². The third-order valence-electron chi connectivity index (χ3n) is 1.78. The Balaban J connectivity index is 2.15. The van der Waals surface area contributed by atoms with Crippen molar-refractivity contribution in [1.29, 1.82) is 0 Å². The lowest BCUT2D eigenvalue weighted by molar-refractivity contribution is 0.768. The van der Waals surface area contributed by atoms with Gasteiger partial charge in [0.1, 0.15) is 0 Å². The Morgan fingerprint density at radius 3 is 2.71 bits per heavy atom. The fourth-order valence-corrected chi connectivity index (χ4v) is 1.10. The molecule has 0 unspecified atom stereocenters. The summed E-state index contributed by atoms with van der Waals surface area (Å²) in [5.41, 5.74) is 1.81. The lowest BCUT2D eigenvalue weighted by Crippen LogP contribution is -1.95. The van der Waals surface area contributed by atoms with Crippen molar-refractivity contribution in [3.63, 3.8) is 0 Å². The average molecular weight is 189 g/mol. The van der Waals surface area contributed by atoms with Gasteiger partial charge >= 0.3 is 0 Å². The molecule has 0 amide bonds. The summed E-state index contributed by atoms with van der Waals surface area (Å²) in [6.07, 6.45) is 3.61. The summed E-state index contributed by atoms with van der Waals surface area (Å²) in [6, 6.07) is 3.79. The number of nitrogens with one attached hydrogen (secondary N) is 1. The molecule has 0 bridgehead atoms. The van der Waals surface area contributed by atoms with E-state index in [1.54, 1.807) is 10.9 Å². The third kappa shape index (κ3) is 1.87. The van der Waals surface area contributed by atoms with Gasteiger partial charge in [-0.2, -0.15) is 10.2 Å². The van der Waals surface area contributed by atoms with Gasteiger partial charge in [-0.15, -0.1) is 5.10 Å². The van der Waals surface area contributed by atoms with E-state index in [0.29, 0.717) is 0 Å². The smallest absolute Gasteiger partial charge is 0.153 e. The van der Waals surface area contributed by atoms with Gasteiger partial charge in [0.2, 0.25) is 0 Å². The molecule has 0 fully saturated rings. The Morgan fingerprint density at radius 2 is 2.14 bits per heavy atom. The quantitative estimate of drug-likeness (QED) is 0.772. The van der Waals surface area contributed by atoms with Crippen molar-refractivity contribution in [2.75, 3.05) is 5.32 Å². The Morgan fingerprint density at radius 1 is 1.29 bits per heavy atom. The fourth-order valence-electron chi connectivity index (χ4n) is 1.10. The van der Waals surface area contributed by atoms with Gasteiger partial charge in [0.05, 0.1) is 17.6 Å². The molecule has 0 aromatic carbocycles. The van der Waals surface area contributed by atoms with Crippen LogP contribution in [0.4, 0.5) is 11.5 Å². The predicted molar refractivity (Wildman–Crippen MR) is 53.3 cm³/mol. The molecule has 5 nitrogen and oxygen atoms in total. The van der Waals surface area contributed by atoms with Crippen LogP contribution in [-0.2, 0) is 7.05 Å². The minimum absolute atomic E-state index is 0.726. The van der Waals surface area contributed by atoms with E-state index >= 15 is 0 Å². The highest BCUT2D eigenvalue weighted by molar-refractivity contribution is 5.52. The van der Waals surface area contributed by atoms with Gasteiger partial charge in [0.25, 0.3) is 0 Å². The van der Waals surface area contributed by atoms with Crippen LogP contribution >= 0.6 is 0 Å². The van der Waals surface area contributed by atoms with Crippen LogP contribution in [-0.4, -0.2) is 20.0 Å². The fraction of sp³-hybridized carbons (Fsp3) is 0.222. The number of hydrogen-bond donors (Lipinski definition) is 1. The molecule has 2 aromatic heterocycles. The standard InChI is InChI=1S/C9H11N5/c1-7-3-4-9(13-12-7)11-8-5-10-14(2)6-8/h3-6H,1-2H3,(H,11,13). The van der Waals surface area contributed by atoms with Gasteiger partial charge < -0.3 is 5.32 Å². The molecule has 2 heterocycles. The molecule has 0 radical (unpaired) electrons. The van der Waals surface area contributed by atoms with E-state index in [-0.39, 0.29) is 0 Å². The molecule has 0 aliphatic carbocycles. The van der Waals surface area contributed by atoms with Gasteiger partial charge in [-0.3, -0.25) is 4.68 Å². The minimum atomic E-state index is 0.726. The second-order valence-electron chi connectivity index (χ2n) is 3.09. The van der Waals surface area contributed by atoms with E-state index in [1.807, 2.05) is 32.3 Å². The van der Waals surface area contributed by atoms with Crippen LogP contribution in [0.2, 0.25) is 0 Å². The second kappa shape index (κ2) is 3.45. The van der Waals surface area contributed by atoms with Crippen molar-refractivity contribution in [2.24, 2.45) is 7.05 Å². The monoisotopic (exact) mass is 189 g/mol. The van der Waals surface area contributed by atoms with Gasteiger partial charge in [-0.05, 0) is 19.1 Å². The number of aryl methyl sites for hydroxylation is 2. The zero-order valence-corrected chi connectivity index (χ0v) is 8.10. The summed E-state index contributed by atoms with van der Waals surface area (Å²) in [7, 11) is 1.87. The first kappa shape index (κ1) is 8.68. The summed E-state index contributed by atoms with van der Waals surface area (Å²) < 4.78 is 1.73. The van der Waals surface area contributed by atoms with Crippen LogP contribution in [0.25, 0.3) is 0 Å². The van der Waals surface area contributed by atoms with E-state index < -0.39 is 0 Å². The van der Waals surface area contributed by atoms with Gasteiger partial charge in [-0.25, -0.2) is 0 Å². The summed E-state index contributed by atoms with van der Waals surface area (Å²) >= 11 is 0. The molecule has 0 saturated carbocycles. The van der Waals surface area contributed by atoms with Crippen LogP contribution in [0, 0.1) is 6.92 Å². The number of nitrogens with zero attached hydrogens (tertiary/aromatic N) is 4. The molecule has 72 valence electrons. The molecular weight excluding hydrogens is 178 g/mol. The average Bonchev–Trinajstić information content (AvgIpc) is 2.56. The Labute approximate surface area is 81.8 Å². The van der Waals surface area contributed by atoms with Crippen LogP contribution in [0.15, 0.2) is 24.5 Å². The zero-order valence-electron chi connectivity index (χ0n) is 8.10. The Kier molecular flexibility index (Phi) is 2.14. The predicted octanol–water partition coefficient (Wildman–Crippen LogP) is 1.26. The molecule has 1 N–H and O–H groups in total. The number of anilines is 2. The highest BCUT2D eigenvalue weighted by Crippen LogP contribution is 2.11.